The number of rotatable bonds is 4. The molecule has 0 aliphatic carbocycles. The van der Waals surface area contributed by atoms with Crippen molar-refractivity contribution < 1.29 is 9.90 Å². The molecule has 1 aromatic rings. The molecule has 0 fully saturated rings. The average molecular weight is 300 g/mol. The van der Waals surface area contributed by atoms with Gasteiger partial charge in [0.15, 0.2) is 0 Å². The molecule has 0 aromatic heterocycles. The predicted molar refractivity (Wildman–Crippen MR) is 71.9 cm³/mol. The Morgan fingerprint density at radius 2 is 1.94 bits per heavy atom. The average Bonchev–Trinajstić information content (AvgIpc) is 2.29. The Bertz CT molecular complexity index is 387. The Morgan fingerprint density at radius 1 is 1.41 bits per heavy atom. The molecule has 17 heavy (non-hydrogen) atoms. The number of benzene rings is 1. The Morgan fingerprint density at radius 3 is 2.41 bits per heavy atom. The lowest BCUT2D eigenvalue weighted by Gasteiger charge is -2.26. The molecule has 1 amide bonds. The highest BCUT2D eigenvalue weighted by Crippen LogP contribution is 2.25. The second-order valence-corrected chi connectivity index (χ2v) is 5.60. The Hall–Kier alpha value is -0.870. The van der Waals surface area contributed by atoms with Crippen LogP contribution >= 0.6 is 15.9 Å². The summed E-state index contributed by atoms with van der Waals surface area (Å²) in [4.78, 5) is 12.1. The lowest BCUT2D eigenvalue weighted by Crippen LogP contribution is -2.45. The molecule has 94 valence electrons. The van der Waals surface area contributed by atoms with Gasteiger partial charge in [0.2, 0.25) is 5.91 Å². The van der Waals surface area contributed by atoms with E-state index in [1.807, 2.05) is 38.1 Å². The van der Waals surface area contributed by atoms with Gasteiger partial charge in [0.05, 0.1) is 12.0 Å². The van der Waals surface area contributed by atoms with Crippen molar-refractivity contribution in [3.8, 4) is 0 Å². The molecular weight excluding hydrogens is 282 g/mol. The van der Waals surface area contributed by atoms with Crippen molar-refractivity contribution in [2.75, 3.05) is 6.61 Å². The molecule has 0 aliphatic rings. The third-order valence-corrected chi connectivity index (χ3v) is 3.31. The number of hydrogen-bond acceptors (Lipinski definition) is 2. The van der Waals surface area contributed by atoms with Gasteiger partial charge in [0.1, 0.15) is 0 Å². The minimum absolute atomic E-state index is 0.0534. The number of aliphatic hydroxyl groups is 1. The van der Waals surface area contributed by atoms with E-state index in [-0.39, 0.29) is 18.6 Å². The van der Waals surface area contributed by atoms with Crippen LogP contribution in [0.15, 0.2) is 28.7 Å². The van der Waals surface area contributed by atoms with Gasteiger partial charge in [-0.1, -0.05) is 28.1 Å². The molecule has 2 N–H and O–H groups in total. The first-order valence-corrected chi connectivity index (χ1v) is 6.35. The Balaban J connectivity index is 2.86. The molecule has 0 bridgehead atoms. The summed E-state index contributed by atoms with van der Waals surface area (Å²) < 4.78 is 0.987. The van der Waals surface area contributed by atoms with Gasteiger partial charge in [-0.25, -0.2) is 0 Å². The topological polar surface area (TPSA) is 49.3 Å². The van der Waals surface area contributed by atoms with Crippen LogP contribution in [0.25, 0.3) is 0 Å². The summed E-state index contributed by atoms with van der Waals surface area (Å²) in [5, 5.41) is 11.7. The summed E-state index contributed by atoms with van der Waals surface area (Å²) in [6.07, 6.45) is 0. The van der Waals surface area contributed by atoms with Gasteiger partial charge < -0.3 is 10.4 Å². The van der Waals surface area contributed by atoms with Crippen LogP contribution in [0.3, 0.4) is 0 Å². The first-order chi connectivity index (χ1) is 7.87. The van der Waals surface area contributed by atoms with E-state index in [1.54, 1.807) is 6.92 Å². The third kappa shape index (κ3) is 3.54. The summed E-state index contributed by atoms with van der Waals surface area (Å²) >= 11 is 3.37. The van der Waals surface area contributed by atoms with Gasteiger partial charge in [-0.05, 0) is 38.5 Å². The molecule has 0 aliphatic heterocycles. The van der Waals surface area contributed by atoms with E-state index in [4.69, 9.17) is 5.11 Å². The quantitative estimate of drug-likeness (QED) is 0.896. The largest absolute Gasteiger partial charge is 0.394 e. The lowest BCUT2D eigenvalue weighted by atomic mass is 9.83. The highest BCUT2D eigenvalue weighted by atomic mass is 79.9. The number of carbonyl (C=O) groups is 1. The summed E-state index contributed by atoms with van der Waals surface area (Å²) in [7, 11) is 0. The maximum Gasteiger partial charge on any atom is 0.230 e. The van der Waals surface area contributed by atoms with Crippen LogP contribution < -0.4 is 5.32 Å². The van der Waals surface area contributed by atoms with E-state index in [1.165, 1.54) is 0 Å². The Labute approximate surface area is 110 Å². The van der Waals surface area contributed by atoms with Gasteiger partial charge in [-0.15, -0.1) is 0 Å². The van der Waals surface area contributed by atoms with Crippen molar-refractivity contribution in [1.82, 2.24) is 5.32 Å². The molecule has 0 heterocycles. The second kappa shape index (κ2) is 5.65. The highest BCUT2D eigenvalue weighted by molar-refractivity contribution is 9.10. The zero-order valence-corrected chi connectivity index (χ0v) is 11.9. The van der Waals surface area contributed by atoms with E-state index in [9.17, 15) is 4.79 Å². The van der Waals surface area contributed by atoms with Gasteiger partial charge >= 0.3 is 0 Å². The first kappa shape index (κ1) is 14.2. The number of aliphatic hydroxyl groups excluding tert-OH is 1. The number of nitrogens with one attached hydrogen (secondary N) is 1. The van der Waals surface area contributed by atoms with Crippen molar-refractivity contribution in [1.29, 1.82) is 0 Å². The summed E-state index contributed by atoms with van der Waals surface area (Å²) in [5.41, 5.74) is 0.341. The summed E-state index contributed by atoms with van der Waals surface area (Å²) in [6, 6.07) is 7.46. The maximum atomic E-state index is 12.1. The number of hydrogen-bond donors (Lipinski definition) is 2. The fraction of sp³-hybridized carbons (Fsp3) is 0.462. The Kier molecular flexibility index (Phi) is 4.71. The van der Waals surface area contributed by atoms with Crippen LogP contribution in [0.2, 0.25) is 0 Å². The van der Waals surface area contributed by atoms with E-state index >= 15 is 0 Å². The number of carbonyl (C=O) groups excluding carboxylic acids is 1. The minimum atomic E-state index is -0.607. The van der Waals surface area contributed by atoms with Crippen LogP contribution in [-0.2, 0) is 10.2 Å². The molecule has 0 spiro atoms. The summed E-state index contributed by atoms with van der Waals surface area (Å²) in [5.74, 6) is -0.0821. The fourth-order valence-corrected chi connectivity index (χ4v) is 1.71. The maximum absolute atomic E-state index is 12.1. The zero-order chi connectivity index (χ0) is 13.1. The van der Waals surface area contributed by atoms with Crippen LogP contribution in [0.1, 0.15) is 26.3 Å². The SMILES string of the molecule is CC(CO)NC(=O)C(C)(C)c1ccc(Br)cc1. The van der Waals surface area contributed by atoms with Gasteiger partial charge in [-0.2, -0.15) is 0 Å². The molecule has 1 aromatic carbocycles. The molecule has 0 saturated heterocycles. The van der Waals surface area contributed by atoms with Crippen molar-refractivity contribution in [2.45, 2.75) is 32.2 Å². The third-order valence-electron chi connectivity index (χ3n) is 2.78. The van der Waals surface area contributed by atoms with E-state index in [2.05, 4.69) is 21.2 Å². The highest BCUT2D eigenvalue weighted by Gasteiger charge is 2.30. The van der Waals surface area contributed by atoms with Crippen molar-refractivity contribution in [3.63, 3.8) is 0 Å². The normalized spacial score (nSPS) is 13.2. The fourth-order valence-electron chi connectivity index (χ4n) is 1.45. The van der Waals surface area contributed by atoms with Gasteiger partial charge in [-0.3, -0.25) is 4.79 Å². The van der Waals surface area contributed by atoms with Gasteiger partial charge in [0, 0.05) is 10.5 Å². The minimum Gasteiger partial charge on any atom is -0.394 e. The van der Waals surface area contributed by atoms with Crippen molar-refractivity contribution >= 4 is 21.8 Å². The molecule has 0 saturated carbocycles. The van der Waals surface area contributed by atoms with Crippen molar-refractivity contribution in [3.05, 3.63) is 34.3 Å². The molecule has 1 rings (SSSR count). The van der Waals surface area contributed by atoms with E-state index in [0.717, 1.165) is 10.0 Å². The van der Waals surface area contributed by atoms with Crippen LogP contribution in [-0.4, -0.2) is 23.7 Å². The first-order valence-electron chi connectivity index (χ1n) is 5.55. The van der Waals surface area contributed by atoms with Crippen LogP contribution in [0, 0.1) is 0 Å². The van der Waals surface area contributed by atoms with E-state index < -0.39 is 5.41 Å². The number of amides is 1. The molecule has 3 nitrogen and oxygen atoms in total. The number of halogens is 1. The summed E-state index contributed by atoms with van der Waals surface area (Å²) in [6.45, 7) is 5.46. The lowest BCUT2D eigenvalue weighted by molar-refractivity contribution is -0.126. The smallest absolute Gasteiger partial charge is 0.230 e. The standard InChI is InChI=1S/C13H18BrNO2/c1-9(8-16)15-12(17)13(2,3)10-4-6-11(14)7-5-10/h4-7,9,16H,8H2,1-3H3,(H,15,17). The molecule has 0 radical (unpaired) electrons. The molecule has 1 unspecified atom stereocenters. The van der Waals surface area contributed by atoms with Crippen LogP contribution in [0.5, 0.6) is 0 Å². The predicted octanol–water partition coefficient (Wildman–Crippen LogP) is 2.22. The van der Waals surface area contributed by atoms with Crippen molar-refractivity contribution in [2.24, 2.45) is 0 Å². The monoisotopic (exact) mass is 299 g/mol. The zero-order valence-electron chi connectivity index (χ0n) is 10.3. The molecular formula is C13H18BrNO2. The molecule has 4 heteroatoms. The van der Waals surface area contributed by atoms with Gasteiger partial charge in [0.25, 0.3) is 0 Å². The van der Waals surface area contributed by atoms with Crippen LogP contribution in [0.4, 0.5) is 0 Å². The molecule has 1 atom stereocenters. The van der Waals surface area contributed by atoms with E-state index in [0.29, 0.717) is 0 Å². The second-order valence-electron chi connectivity index (χ2n) is 4.69.